The molecule has 6 heteroatoms. The van der Waals surface area contributed by atoms with Crippen LogP contribution in [0.25, 0.3) is 11.0 Å². The lowest BCUT2D eigenvalue weighted by atomic mass is 9.98. The lowest BCUT2D eigenvalue weighted by Crippen LogP contribution is -2.05. The molecule has 24 heavy (non-hydrogen) atoms. The van der Waals surface area contributed by atoms with Crippen LogP contribution < -0.4 is 11.1 Å². The fourth-order valence-electron chi connectivity index (χ4n) is 4.11. The molecule has 5 nitrogen and oxygen atoms in total. The zero-order valence-electron chi connectivity index (χ0n) is 13.2. The van der Waals surface area contributed by atoms with Gasteiger partial charge in [0.15, 0.2) is 17.3 Å². The van der Waals surface area contributed by atoms with Gasteiger partial charge in [0.25, 0.3) is 0 Å². The minimum atomic E-state index is -0.405. The number of halogens is 1. The number of aromatic nitrogens is 3. The molecule has 0 radical (unpaired) electrons. The van der Waals surface area contributed by atoms with Crippen molar-refractivity contribution in [3.05, 3.63) is 40.2 Å². The van der Waals surface area contributed by atoms with E-state index in [0.29, 0.717) is 16.9 Å². The highest BCUT2D eigenvalue weighted by Gasteiger charge is 2.25. The Morgan fingerprint density at radius 1 is 1.04 bits per heavy atom. The number of H-pyrrole nitrogens is 1. The first-order chi connectivity index (χ1) is 11.7. The van der Waals surface area contributed by atoms with Crippen LogP contribution in [0, 0.1) is 5.82 Å². The number of nitrogens with zero attached hydrogens (tertiary/aromatic N) is 2. The van der Waals surface area contributed by atoms with E-state index >= 15 is 0 Å². The Balaban J connectivity index is 1.65. The summed E-state index contributed by atoms with van der Waals surface area (Å²) in [6.45, 7) is 0. The topological polar surface area (TPSA) is 79.6 Å². The van der Waals surface area contributed by atoms with Gasteiger partial charge in [0.2, 0.25) is 0 Å². The van der Waals surface area contributed by atoms with Crippen LogP contribution >= 0.6 is 0 Å². The summed E-state index contributed by atoms with van der Waals surface area (Å²) in [5.74, 6) is 0.158. The Bertz CT molecular complexity index is 943. The van der Waals surface area contributed by atoms with Gasteiger partial charge in [0.1, 0.15) is 5.82 Å². The number of nitrogens with one attached hydrogen (secondary N) is 2. The summed E-state index contributed by atoms with van der Waals surface area (Å²) < 4.78 is 14.5. The lowest BCUT2D eigenvalue weighted by molar-refractivity contribution is 0.629. The molecule has 122 valence electrons. The van der Waals surface area contributed by atoms with Crippen molar-refractivity contribution in [2.45, 2.75) is 38.5 Å². The molecule has 0 unspecified atom stereocenters. The monoisotopic (exact) mass is 323 g/mol. The Hall–Kier alpha value is -2.63. The molecule has 3 aromatic rings. The van der Waals surface area contributed by atoms with Crippen LogP contribution in [0.1, 0.15) is 35.1 Å². The maximum Gasteiger partial charge on any atom is 0.185 e. The van der Waals surface area contributed by atoms with Crippen molar-refractivity contribution < 1.29 is 4.39 Å². The number of aryl methyl sites for hydroxylation is 2. The molecule has 1 aromatic carbocycles. The van der Waals surface area contributed by atoms with E-state index in [1.54, 1.807) is 0 Å². The van der Waals surface area contributed by atoms with Gasteiger partial charge in [-0.05, 0) is 66.8 Å². The Labute approximate surface area is 138 Å². The van der Waals surface area contributed by atoms with Gasteiger partial charge in [0, 0.05) is 5.69 Å². The molecule has 4 N–H and O–H groups in total. The van der Waals surface area contributed by atoms with E-state index < -0.39 is 5.82 Å². The van der Waals surface area contributed by atoms with Gasteiger partial charge in [-0.2, -0.15) is 5.10 Å². The number of anilines is 3. The second-order valence-electron chi connectivity index (χ2n) is 6.69. The van der Waals surface area contributed by atoms with Crippen molar-refractivity contribution in [1.29, 1.82) is 0 Å². The van der Waals surface area contributed by atoms with Gasteiger partial charge >= 0.3 is 0 Å². The van der Waals surface area contributed by atoms with Gasteiger partial charge in [-0.3, -0.25) is 5.10 Å². The molecule has 2 aliphatic rings. The number of aromatic amines is 1. The highest BCUT2D eigenvalue weighted by Crippen LogP contribution is 2.40. The van der Waals surface area contributed by atoms with Gasteiger partial charge in [-0.25, -0.2) is 9.37 Å². The van der Waals surface area contributed by atoms with Gasteiger partial charge < -0.3 is 11.1 Å². The minimum Gasteiger partial charge on any atom is -0.384 e. The minimum absolute atomic E-state index is 0.225. The number of nitrogen functional groups attached to an aromatic ring is 1. The van der Waals surface area contributed by atoms with E-state index in [1.165, 1.54) is 28.3 Å². The number of hydrogen-bond acceptors (Lipinski definition) is 4. The van der Waals surface area contributed by atoms with Crippen LogP contribution in [-0.4, -0.2) is 15.2 Å². The second kappa shape index (κ2) is 4.93. The molecule has 2 heterocycles. The number of hydrogen-bond donors (Lipinski definition) is 3. The summed E-state index contributed by atoms with van der Waals surface area (Å²) in [5.41, 5.74) is 12.7. The van der Waals surface area contributed by atoms with Crippen LogP contribution in [0.2, 0.25) is 0 Å². The van der Waals surface area contributed by atoms with Crippen LogP contribution in [0.15, 0.2) is 12.1 Å². The molecule has 5 rings (SSSR count). The Morgan fingerprint density at radius 3 is 2.46 bits per heavy atom. The molecule has 0 spiro atoms. The third-order valence-corrected chi connectivity index (χ3v) is 5.24. The molecule has 0 atom stereocenters. The molecular formula is C18H18FN5. The third kappa shape index (κ3) is 1.92. The fraction of sp³-hybridized carbons (Fsp3) is 0.333. The summed E-state index contributed by atoms with van der Waals surface area (Å²) >= 11 is 0. The summed E-state index contributed by atoms with van der Waals surface area (Å²) in [4.78, 5) is 4.33. The first-order valence-corrected chi connectivity index (χ1v) is 8.44. The van der Waals surface area contributed by atoms with E-state index in [4.69, 9.17) is 5.73 Å². The molecule has 0 saturated carbocycles. The number of rotatable bonds is 2. The molecule has 2 aliphatic carbocycles. The zero-order valence-corrected chi connectivity index (χ0v) is 13.2. The lowest BCUT2D eigenvalue weighted by Gasteiger charge is -2.16. The summed E-state index contributed by atoms with van der Waals surface area (Å²) in [6.07, 6.45) is 6.65. The van der Waals surface area contributed by atoms with Gasteiger partial charge in [-0.1, -0.05) is 6.07 Å². The van der Waals surface area contributed by atoms with Crippen molar-refractivity contribution in [3.63, 3.8) is 0 Å². The number of fused-ring (bicyclic) bond motifs is 3. The normalized spacial score (nSPS) is 15.7. The molecule has 0 aliphatic heterocycles. The fourth-order valence-corrected chi connectivity index (χ4v) is 4.11. The van der Waals surface area contributed by atoms with E-state index in [-0.39, 0.29) is 5.82 Å². The summed E-state index contributed by atoms with van der Waals surface area (Å²) in [6, 6.07) is 3.75. The van der Waals surface area contributed by atoms with Crippen molar-refractivity contribution in [2.75, 3.05) is 11.1 Å². The zero-order chi connectivity index (χ0) is 16.3. The average Bonchev–Trinajstić information content (AvgIpc) is 3.28. The standard InChI is InChI=1S/C18H18FN5/c19-14-8-13-16(20)23-24-17(13)22-18(14)21-15-11-5-1-3-9(11)7-10-4-2-6-12(10)15/h7-8H,1-6H2,(H4,20,21,22,23,24). The largest absolute Gasteiger partial charge is 0.384 e. The first-order valence-electron chi connectivity index (χ1n) is 8.44. The van der Waals surface area contributed by atoms with Crippen LogP contribution in [-0.2, 0) is 25.7 Å². The number of pyridine rings is 1. The SMILES string of the molecule is Nc1[nH]nc2nc(Nc3c4c(cc5c3CCC5)CCC4)c(F)cc12. The predicted octanol–water partition coefficient (Wildman–Crippen LogP) is 3.40. The molecule has 0 fully saturated rings. The highest BCUT2D eigenvalue weighted by atomic mass is 19.1. The molecular weight excluding hydrogens is 305 g/mol. The maximum atomic E-state index is 14.5. The molecule has 0 saturated heterocycles. The predicted molar refractivity (Wildman–Crippen MR) is 92.0 cm³/mol. The Morgan fingerprint density at radius 2 is 1.75 bits per heavy atom. The van der Waals surface area contributed by atoms with E-state index in [1.807, 2.05) is 0 Å². The van der Waals surface area contributed by atoms with Crippen LogP contribution in [0.5, 0.6) is 0 Å². The van der Waals surface area contributed by atoms with Gasteiger partial charge in [-0.15, -0.1) is 0 Å². The molecule has 0 bridgehead atoms. The highest BCUT2D eigenvalue weighted by molar-refractivity contribution is 5.87. The Kier molecular flexibility index (Phi) is 2.83. The van der Waals surface area contributed by atoms with Gasteiger partial charge in [0.05, 0.1) is 5.39 Å². The van der Waals surface area contributed by atoms with Crippen molar-refractivity contribution >= 4 is 28.4 Å². The third-order valence-electron chi connectivity index (χ3n) is 5.24. The summed E-state index contributed by atoms with van der Waals surface area (Å²) in [7, 11) is 0. The molecule has 0 amide bonds. The number of nitrogens with two attached hydrogens (primary N) is 1. The van der Waals surface area contributed by atoms with Crippen molar-refractivity contribution in [2.24, 2.45) is 0 Å². The maximum absolute atomic E-state index is 14.5. The summed E-state index contributed by atoms with van der Waals surface area (Å²) in [5, 5.41) is 10.5. The van der Waals surface area contributed by atoms with Crippen molar-refractivity contribution in [3.8, 4) is 0 Å². The molecule has 2 aromatic heterocycles. The van der Waals surface area contributed by atoms with Crippen molar-refractivity contribution in [1.82, 2.24) is 15.2 Å². The van der Waals surface area contributed by atoms with Crippen LogP contribution in [0.4, 0.5) is 21.7 Å². The number of benzene rings is 1. The first kappa shape index (κ1) is 13.8. The smallest absolute Gasteiger partial charge is 0.185 e. The van der Waals surface area contributed by atoms with Crippen LogP contribution in [0.3, 0.4) is 0 Å². The second-order valence-corrected chi connectivity index (χ2v) is 6.69. The van der Waals surface area contributed by atoms with E-state index in [2.05, 4.69) is 26.6 Å². The average molecular weight is 323 g/mol. The van der Waals surface area contributed by atoms with E-state index in [9.17, 15) is 4.39 Å². The quantitative estimate of drug-likeness (QED) is 0.675. The van der Waals surface area contributed by atoms with E-state index in [0.717, 1.165) is 44.2 Å².